The van der Waals surface area contributed by atoms with Gasteiger partial charge in [0.2, 0.25) is 5.95 Å². The van der Waals surface area contributed by atoms with Gasteiger partial charge in [-0.1, -0.05) is 84.9 Å². The van der Waals surface area contributed by atoms with E-state index in [1.54, 1.807) is 17.4 Å². The Morgan fingerprint density at radius 3 is 2.21 bits per heavy atom. The van der Waals surface area contributed by atoms with Crippen molar-refractivity contribution in [2.45, 2.75) is 0 Å². The van der Waals surface area contributed by atoms with E-state index in [0.29, 0.717) is 11.4 Å². The van der Waals surface area contributed by atoms with Crippen molar-refractivity contribution in [3.05, 3.63) is 109 Å². The largest absolute Gasteiger partial charge is 0.489 e. The Morgan fingerprint density at radius 2 is 1.38 bits per heavy atom. The second-order valence-electron chi connectivity index (χ2n) is 9.68. The summed E-state index contributed by atoms with van der Waals surface area (Å²) in [5.74, 6) is 0.549. The number of benzene rings is 5. The minimum Gasteiger partial charge on any atom is -0.423 e. The second kappa shape index (κ2) is 8.48. The van der Waals surface area contributed by atoms with Gasteiger partial charge in [-0.15, -0.1) is 11.3 Å². The van der Waals surface area contributed by atoms with E-state index in [-0.39, 0.29) is 0 Å². The molecule has 8 rings (SSSR count). The lowest BCUT2D eigenvalue weighted by molar-refractivity contribution is 0.426. The molecule has 184 valence electrons. The first-order valence-electron chi connectivity index (χ1n) is 12.7. The van der Waals surface area contributed by atoms with Crippen molar-refractivity contribution in [3.8, 4) is 17.2 Å². The zero-order chi connectivity index (χ0) is 26.1. The smallest absolute Gasteiger partial charge is 0.423 e. The van der Waals surface area contributed by atoms with Crippen LogP contribution in [0.4, 0.5) is 0 Å². The predicted molar refractivity (Wildman–Crippen MR) is 162 cm³/mol. The number of nitrogens with zero attached hydrogens (tertiary/aromatic N) is 3. The van der Waals surface area contributed by atoms with Crippen LogP contribution in [0.5, 0.6) is 0 Å². The van der Waals surface area contributed by atoms with Crippen molar-refractivity contribution in [2.24, 2.45) is 0 Å². The van der Waals surface area contributed by atoms with Crippen LogP contribution in [-0.2, 0) is 0 Å². The molecule has 0 bridgehead atoms. The quantitative estimate of drug-likeness (QED) is 0.263. The Labute approximate surface area is 227 Å². The maximum atomic E-state index is 10.3. The molecule has 0 unspecified atom stereocenters. The molecule has 39 heavy (non-hydrogen) atoms. The summed E-state index contributed by atoms with van der Waals surface area (Å²) >= 11 is 1.66. The highest BCUT2D eigenvalue weighted by molar-refractivity contribution is 7.25. The fourth-order valence-corrected chi connectivity index (χ4v) is 6.80. The van der Waals surface area contributed by atoms with Crippen molar-refractivity contribution >= 4 is 76.8 Å². The van der Waals surface area contributed by atoms with E-state index >= 15 is 0 Å². The standard InChI is InChI=1S/C32H20BN3O2S/c37-33(38)24-14-8-15-25-28(24)23-17-20-11-4-5-12-21(20)18-26(23)36(25)32-34-30(19-9-2-1-3-10-19)29-22-13-6-7-16-27(22)39-31(29)35-32/h1-18,37-38H. The molecule has 0 radical (unpaired) electrons. The van der Waals surface area contributed by atoms with Gasteiger partial charge in [-0.3, -0.25) is 4.57 Å². The molecule has 3 aromatic heterocycles. The van der Waals surface area contributed by atoms with Gasteiger partial charge in [0.1, 0.15) is 4.83 Å². The van der Waals surface area contributed by atoms with Crippen LogP contribution in [-0.4, -0.2) is 31.7 Å². The highest BCUT2D eigenvalue weighted by Crippen LogP contribution is 2.40. The molecule has 0 aliphatic carbocycles. The number of aromatic nitrogens is 3. The van der Waals surface area contributed by atoms with Gasteiger partial charge in [-0.05, 0) is 40.5 Å². The normalized spacial score (nSPS) is 11.8. The summed E-state index contributed by atoms with van der Waals surface area (Å²) in [4.78, 5) is 11.3. The predicted octanol–water partition coefficient (Wildman–Crippen LogP) is 6.44. The fourth-order valence-electron chi connectivity index (χ4n) is 5.73. The monoisotopic (exact) mass is 521 g/mol. The van der Waals surface area contributed by atoms with Gasteiger partial charge in [0, 0.05) is 31.8 Å². The summed E-state index contributed by atoms with van der Waals surface area (Å²) in [6.45, 7) is 0. The summed E-state index contributed by atoms with van der Waals surface area (Å²) in [6, 6.07) is 36.6. The average Bonchev–Trinajstić information content (AvgIpc) is 3.51. The highest BCUT2D eigenvalue weighted by Gasteiger charge is 2.24. The summed E-state index contributed by atoms with van der Waals surface area (Å²) in [6.07, 6.45) is 0. The van der Waals surface area contributed by atoms with Gasteiger partial charge in [-0.2, -0.15) is 0 Å². The van der Waals surface area contributed by atoms with Crippen molar-refractivity contribution in [1.82, 2.24) is 14.5 Å². The molecule has 0 aliphatic rings. The maximum Gasteiger partial charge on any atom is 0.489 e. The molecule has 0 amide bonds. The van der Waals surface area contributed by atoms with Gasteiger partial charge in [-0.25, -0.2) is 9.97 Å². The molecule has 0 saturated carbocycles. The molecule has 0 saturated heterocycles. The van der Waals surface area contributed by atoms with E-state index in [0.717, 1.165) is 64.1 Å². The van der Waals surface area contributed by atoms with Gasteiger partial charge < -0.3 is 10.0 Å². The van der Waals surface area contributed by atoms with Gasteiger partial charge in [0.15, 0.2) is 0 Å². The lowest BCUT2D eigenvalue weighted by Crippen LogP contribution is -2.30. The van der Waals surface area contributed by atoms with Crippen LogP contribution in [0.25, 0.3) is 70.1 Å². The van der Waals surface area contributed by atoms with Crippen molar-refractivity contribution < 1.29 is 10.0 Å². The number of thiophene rings is 1. The Morgan fingerprint density at radius 1 is 0.641 bits per heavy atom. The first-order valence-corrected chi connectivity index (χ1v) is 13.6. The summed E-state index contributed by atoms with van der Waals surface area (Å²) in [5, 5.41) is 26.7. The van der Waals surface area contributed by atoms with Gasteiger partial charge in [0.25, 0.3) is 0 Å². The molecule has 0 fully saturated rings. The zero-order valence-electron chi connectivity index (χ0n) is 20.6. The van der Waals surface area contributed by atoms with Gasteiger partial charge >= 0.3 is 7.12 Å². The van der Waals surface area contributed by atoms with Crippen LogP contribution in [0.3, 0.4) is 0 Å². The molecule has 0 atom stereocenters. The zero-order valence-corrected chi connectivity index (χ0v) is 21.4. The number of fused-ring (bicyclic) bond motifs is 7. The third kappa shape index (κ3) is 3.34. The van der Waals surface area contributed by atoms with Gasteiger partial charge in [0.05, 0.1) is 16.7 Å². The van der Waals surface area contributed by atoms with E-state index in [1.807, 2.05) is 48.5 Å². The Hall–Kier alpha value is -4.56. The average molecular weight is 521 g/mol. The molecule has 7 heteroatoms. The first-order chi connectivity index (χ1) is 19.2. The minimum atomic E-state index is -1.61. The van der Waals surface area contributed by atoms with E-state index < -0.39 is 7.12 Å². The molecule has 0 aliphatic heterocycles. The maximum absolute atomic E-state index is 10.3. The molecular formula is C32H20BN3O2S. The molecule has 2 N–H and O–H groups in total. The molecule has 3 heterocycles. The Balaban J connectivity index is 1.56. The number of hydrogen-bond donors (Lipinski definition) is 2. The molecular weight excluding hydrogens is 501 g/mol. The Kier molecular flexibility index (Phi) is 4.88. The molecule has 5 nitrogen and oxygen atoms in total. The van der Waals surface area contributed by atoms with Crippen LogP contribution in [0.15, 0.2) is 109 Å². The summed E-state index contributed by atoms with van der Waals surface area (Å²) < 4.78 is 3.22. The lowest BCUT2D eigenvalue weighted by atomic mass is 9.77. The molecule has 0 spiro atoms. The number of rotatable bonds is 3. The van der Waals surface area contributed by atoms with Crippen LogP contribution in [0, 0.1) is 0 Å². The third-order valence-corrected chi connectivity index (χ3v) is 8.51. The van der Waals surface area contributed by atoms with Crippen molar-refractivity contribution in [3.63, 3.8) is 0 Å². The van der Waals surface area contributed by atoms with Crippen molar-refractivity contribution in [1.29, 1.82) is 0 Å². The van der Waals surface area contributed by atoms with Crippen LogP contribution in [0.2, 0.25) is 0 Å². The third-order valence-electron chi connectivity index (χ3n) is 7.44. The summed E-state index contributed by atoms with van der Waals surface area (Å²) in [5.41, 5.74) is 4.09. The minimum absolute atomic E-state index is 0.456. The first kappa shape index (κ1) is 22.4. The van der Waals surface area contributed by atoms with Crippen LogP contribution < -0.4 is 5.46 Å². The van der Waals surface area contributed by atoms with E-state index in [2.05, 4.69) is 59.2 Å². The van der Waals surface area contributed by atoms with Crippen molar-refractivity contribution in [2.75, 3.05) is 0 Å². The van der Waals surface area contributed by atoms with E-state index in [4.69, 9.17) is 9.97 Å². The molecule has 5 aromatic carbocycles. The number of hydrogen-bond acceptors (Lipinski definition) is 5. The van der Waals surface area contributed by atoms with Crippen LogP contribution in [0.1, 0.15) is 0 Å². The Bertz CT molecular complexity index is 2220. The second-order valence-corrected chi connectivity index (χ2v) is 10.7. The van der Waals surface area contributed by atoms with E-state index in [1.165, 1.54) is 0 Å². The lowest BCUT2D eigenvalue weighted by Gasteiger charge is -2.11. The van der Waals surface area contributed by atoms with Crippen LogP contribution >= 0.6 is 11.3 Å². The topological polar surface area (TPSA) is 71.2 Å². The highest BCUT2D eigenvalue weighted by atomic mass is 32.1. The molecule has 8 aromatic rings. The fraction of sp³-hybridized carbons (Fsp3) is 0. The SMILES string of the molecule is OB(O)c1cccc2c1c1cc3ccccc3cc1n2-c1nc(-c2ccccc2)c2c(n1)sc1ccccc12. The summed E-state index contributed by atoms with van der Waals surface area (Å²) in [7, 11) is -1.61. The van der Waals surface area contributed by atoms with E-state index in [9.17, 15) is 10.0 Å².